The van der Waals surface area contributed by atoms with Gasteiger partial charge in [-0.1, -0.05) is 12.1 Å². The Hall–Kier alpha value is -1.69. The van der Waals surface area contributed by atoms with Crippen molar-refractivity contribution in [2.24, 2.45) is 4.99 Å². The topological polar surface area (TPSA) is 56.7 Å². The third-order valence-electron chi connectivity index (χ3n) is 5.51. The maximum atomic E-state index is 12.7. The van der Waals surface area contributed by atoms with Gasteiger partial charge in [0, 0.05) is 36.5 Å². The van der Waals surface area contributed by atoms with Crippen molar-refractivity contribution >= 4 is 23.6 Å². The standard InChI is InChI=1S/C22H34N4OS/c1-3-23-21(25-17-22(2)11-8-14-28-22)24-16-18-9-7-10-19(15-18)20(27)26-12-5-4-6-13-26/h7,9-10,15H,3-6,8,11-14,16-17H2,1-2H3,(H2,23,24,25). The van der Waals surface area contributed by atoms with E-state index >= 15 is 0 Å². The third kappa shape index (κ3) is 5.90. The number of piperidine rings is 1. The van der Waals surface area contributed by atoms with Crippen LogP contribution in [0.1, 0.15) is 61.9 Å². The molecular formula is C22H34N4OS. The Morgan fingerprint density at radius 2 is 2.04 bits per heavy atom. The van der Waals surface area contributed by atoms with E-state index in [9.17, 15) is 4.79 Å². The smallest absolute Gasteiger partial charge is 0.253 e. The third-order valence-corrected chi connectivity index (χ3v) is 7.05. The number of aliphatic imine (C=N–C) groups is 1. The molecule has 1 unspecified atom stereocenters. The Bertz CT molecular complexity index is 679. The maximum absolute atomic E-state index is 12.7. The van der Waals surface area contributed by atoms with Gasteiger partial charge in [-0.15, -0.1) is 0 Å². The van der Waals surface area contributed by atoms with Gasteiger partial charge in [0.1, 0.15) is 0 Å². The molecule has 0 radical (unpaired) electrons. The molecule has 2 aliphatic rings. The fourth-order valence-corrected chi connectivity index (χ4v) is 5.09. The summed E-state index contributed by atoms with van der Waals surface area (Å²) in [4.78, 5) is 19.5. The van der Waals surface area contributed by atoms with Gasteiger partial charge in [-0.25, -0.2) is 4.99 Å². The first-order chi connectivity index (χ1) is 13.6. The minimum atomic E-state index is 0.154. The number of rotatable bonds is 6. The molecule has 5 nitrogen and oxygen atoms in total. The molecule has 2 saturated heterocycles. The van der Waals surface area contributed by atoms with Crippen LogP contribution < -0.4 is 10.6 Å². The summed E-state index contributed by atoms with van der Waals surface area (Å²) < 4.78 is 0.303. The number of nitrogens with zero attached hydrogens (tertiary/aromatic N) is 2. The van der Waals surface area contributed by atoms with E-state index in [0.717, 1.165) is 56.1 Å². The second-order valence-corrected chi connectivity index (χ2v) is 9.69. The van der Waals surface area contributed by atoms with Gasteiger partial charge in [-0.3, -0.25) is 4.79 Å². The molecule has 1 aromatic carbocycles. The molecular weight excluding hydrogens is 368 g/mol. The van der Waals surface area contributed by atoms with Crippen LogP contribution in [0.15, 0.2) is 29.3 Å². The first-order valence-corrected chi connectivity index (χ1v) is 11.6. The minimum Gasteiger partial charge on any atom is -0.357 e. The van der Waals surface area contributed by atoms with Crippen LogP contribution in [0.5, 0.6) is 0 Å². The van der Waals surface area contributed by atoms with Crippen molar-refractivity contribution in [1.29, 1.82) is 0 Å². The first-order valence-electron chi connectivity index (χ1n) is 10.6. The van der Waals surface area contributed by atoms with Crippen molar-refractivity contribution in [3.63, 3.8) is 0 Å². The second-order valence-electron chi connectivity index (χ2n) is 8.00. The lowest BCUT2D eigenvalue weighted by molar-refractivity contribution is 0.0724. The van der Waals surface area contributed by atoms with E-state index in [2.05, 4.69) is 36.2 Å². The highest BCUT2D eigenvalue weighted by Crippen LogP contribution is 2.36. The molecule has 6 heteroatoms. The second kappa shape index (κ2) is 10.2. The Kier molecular flexibility index (Phi) is 7.65. The van der Waals surface area contributed by atoms with Crippen molar-refractivity contribution in [2.75, 3.05) is 31.9 Å². The summed E-state index contributed by atoms with van der Waals surface area (Å²) >= 11 is 2.05. The molecule has 1 aromatic rings. The maximum Gasteiger partial charge on any atom is 0.253 e. The van der Waals surface area contributed by atoms with E-state index in [1.807, 2.05) is 29.2 Å². The average Bonchev–Trinajstić information content (AvgIpc) is 3.17. The van der Waals surface area contributed by atoms with Gasteiger partial charge in [0.25, 0.3) is 5.91 Å². The fraction of sp³-hybridized carbons (Fsp3) is 0.636. The Morgan fingerprint density at radius 3 is 2.75 bits per heavy atom. The number of carbonyl (C=O) groups is 1. The number of hydrogen-bond acceptors (Lipinski definition) is 3. The van der Waals surface area contributed by atoms with E-state index in [1.165, 1.54) is 25.0 Å². The number of amides is 1. The quantitative estimate of drug-likeness (QED) is 0.563. The monoisotopic (exact) mass is 402 g/mol. The predicted octanol–water partition coefficient (Wildman–Crippen LogP) is 3.65. The zero-order valence-corrected chi connectivity index (χ0v) is 18.1. The molecule has 0 aromatic heterocycles. The van der Waals surface area contributed by atoms with Gasteiger partial charge < -0.3 is 15.5 Å². The molecule has 2 heterocycles. The zero-order chi connectivity index (χ0) is 19.8. The van der Waals surface area contributed by atoms with Crippen molar-refractivity contribution in [3.05, 3.63) is 35.4 Å². The normalized spacial score (nSPS) is 22.9. The van der Waals surface area contributed by atoms with Crippen molar-refractivity contribution in [2.45, 2.75) is 57.2 Å². The van der Waals surface area contributed by atoms with E-state index in [1.54, 1.807) is 0 Å². The summed E-state index contributed by atoms with van der Waals surface area (Å²) in [6, 6.07) is 7.94. The number of nitrogens with one attached hydrogen (secondary N) is 2. The number of hydrogen-bond donors (Lipinski definition) is 2. The molecule has 0 saturated carbocycles. The molecule has 2 fully saturated rings. The summed E-state index contributed by atoms with van der Waals surface area (Å²) in [6.45, 7) is 8.51. The molecule has 0 spiro atoms. The van der Waals surface area contributed by atoms with E-state index in [0.29, 0.717) is 11.3 Å². The Morgan fingerprint density at radius 1 is 1.21 bits per heavy atom. The summed E-state index contributed by atoms with van der Waals surface area (Å²) in [7, 11) is 0. The summed E-state index contributed by atoms with van der Waals surface area (Å²) in [6.07, 6.45) is 6.02. The number of guanidine groups is 1. The van der Waals surface area contributed by atoms with Crippen LogP contribution in [0, 0.1) is 0 Å². The lowest BCUT2D eigenvalue weighted by Gasteiger charge is -2.26. The average molecular weight is 403 g/mol. The molecule has 1 atom stereocenters. The molecule has 28 heavy (non-hydrogen) atoms. The highest BCUT2D eigenvalue weighted by molar-refractivity contribution is 8.00. The van der Waals surface area contributed by atoms with Gasteiger partial charge in [0.05, 0.1) is 6.54 Å². The zero-order valence-electron chi connectivity index (χ0n) is 17.3. The Labute approximate surface area is 173 Å². The molecule has 154 valence electrons. The predicted molar refractivity (Wildman–Crippen MR) is 119 cm³/mol. The van der Waals surface area contributed by atoms with Crippen LogP contribution in [0.25, 0.3) is 0 Å². The van der Waals surface area contributed by atoms with Crippen LogP contribution in [0.3, 0.4) is 0 Å². The Balaban J connectivity index is 1.61. The molecule has 3 rings (SSSR count). The van der Waals surface area contributed by atoms with Gasteiger partial charge in [0.15, 0.2) is 5.96 Å². The number of thioether (sulfide) groups is 1. The van der Waals surface area contributed by atoms with Crippen LogP contribution in [0.4, 0.5) is 0 Å². The summed E-state index contributed by atoms with van der Waals surface area (Å²) in [5, 5.41) is 6.84. The minimum absolute atomic E-state index is 0.154. The number of likely N-dealkylation sites (tertiary alicyclic amines) is 1. The molecule has 2 aliphatic heterocycles. The van der Waals surface area contributed by atoms with Crippen molar-refractivity contribution in [3.8, 4) is 0 Å². The highest BCUT2D eigenvalue weighted by Gasteiger charge is 2.29. The molecule has 1 amide bonds. The summed E-state index contributed by atoms with van der Waals surface area (Å²) in [5.74, 6) is 2.26. The molecule has 0 bridgehead atoms. The number of carbonyl (C=O) groups excluding carboxylic acids is 1. The SMILES string of the molecule is CCNC(=NCc1cccc(C(=O)N2CCCCC2)c1)NCC1(C)CCCS1. The van der Waals surface area contributed by atoms with E-state index in [4.69, 9.17) is 4.99 Å². The van der Waals surface area contributed by atoms with Crippen molar-refractivity contribution < 1.29 is 4.79 Å². The van der Waals surface area contributed by atoms with Crippen LogP contribution >= 0.6 is 11.8 Å². The van der Waals surface area contributed by atoms with Crippen LogP contribution in [0.2, 0.25) is 0 Å². The summed E-state index contributed by atoms with van der Waals surface area (Å²) in [5.41, 5.74) is 1.85. The van der Waals surface area contributed by atoms with Gasteiger partial charge in [-0.2, -0.15) is 11.8 Å². The lowest BCUT2D eigenvalue weighted by Crippen LogP contribution is -2.43. The van der Waals surface area contributed by atoms with E-state index in [-0.39, 0.29) is 5.91 Å². The number of benzene rings is 1. The highest BCUT2D eigenvalue weighted by atomic mass is 32.2. The van der Waals surface area contributed by atoms with Gasteiger partial charge in [0.2, 0.25) is 0 Å². The van der Waals surface area contributed by atoms with Gasteiger partial charge in [-0.05, 0) is 69.4 Å². The van der Waals surface area contributed by atoms with Gasteiger partial charge >= 0.3 is 0 Å². The van der Waals surface area contributed by atoms with Crippen LogP contribution in [-0.2, 0) is 6.54 Å². The van der Waals surface area contributed by atoms with E-state index < -0.39 is 0 Å². The molecule has 2 N–H and O–H groups in total. The first kappa shape index (κ1) is 21.0. The fourth-order valence-electron chi connectivity index (χ4n) is 3.84. The molecule has 0 aliphatic carbocycles. The lowest BCUT2D eigenvalue weighted by atomic mass is 10.1. The van der Waals surface area contributed by atoms with Crippen LogP contribution in [-0.4, -0.2) is 53.4 Å². The van der Waals surface area contributed by atoms with Crippen molar-refractivity contribution in [1.82, 2.24) is 15.5 Å². The largest absolute Gasteiger partial charge is 0.357 e.